The van der Waals surface area contributed by atoms with Gasteiger partial charge in [0.15, 0.2) is 9.99 Å². The van der Waals surface area contributed by atoms with Crippen LogP contribution in [0.3, 0.4) is 0 Å². The van der Waals surface area contributed by atoms with Crippen molar-refractivity contribution in [2.45, 2.75) is 16.3 Å². The number of aryl methyl sites for hydroxylation is 1. The Kier molecular flexibility index (Phi) is 2.69. The van der Waals surface area contributed by atoms with E-state index < -0.39 is 0 Å². The van der Waals surface area contributed by atoms with Crippen molar-refractivity contribution in [3.8, 4) is 0 Å². The summed E-state index contributed by atoms with van der Waals surface area (Å²) in [6, 6.07) is 0. The van der Waals surface area contributed by atoms with Gasteiger partial charge in [0, 0.05) is 0 Å². The Balaban J connectivity index is 2.07. The lowest BCUT2D eigenvalue weighted by molar-refractivity contribution is 1.06. The molecule has 0 amide bonds. The van der Waals surface area contributed by atoms with Crippen LogP contribution in [0.25, 0.3) is 11.0 Å². The Hall–Kier alpha value is -1.25. The number of nitrogens with zero attached hydrogens (tertiary/aromatic N) is 5. The SMILES string of the molecule is Cc1nsc(Sc2nc(Cl)nc3[nH]ncc23)n1. The smallest absolute Gasteiger partial charge is 0.225 e. The third-order valence-electron chi connectivity index (χ3n) is 1.94. The largest absolute Gasteiger partial charge is 0.261 e. The van der Waals surface area contributed by atoms with E-state index in [1.54, 1.807) is 6.20 Å². The summed E-state index contributed by atoms with van der Waals surface area (Å²) < 4.78 is 4.93. The second kappa shape index (κ2) is 4.21. The minimum atomic E-state index is 0.186. The van der Waals surface area contributed by atoms with Crippen molar-refractivity contribution in [2.24, 2.45) is 0 Å². The average molecular weight is 285 g/mol. The molecule has 3 heterocycles. The van der Waals surface area contributed by atoms with E-state index in [0.29, 0.717) is 5.65 Å². The molecule has 0 bridgehead atoms. The van der Waals surface area contributed by atoms with Crippen LogP contribution in [-0.2, 0) is 0 Å². The van der Waals surface area contributed by atoms with Gasteiger partial charge in [0.05, 0.1) is 11.6 Å². The first-order chi connectivity index (χ1) is 8.22. The number of aromatic nitrogens is 6. The molecule has 0 fully saturated rings. The van der Waals surface area contributed by atoms with Crippen molar-refractivity contribution >= 4 is 45.9 Å². The van der Waals surface area contributed by atoms with Crippen LogP contribution in [0.2, 0.25) is 5.28 Å². The third-order valence-corrected chi connectivity index (χ3v) is 3.96. The quantitative estimate of drug-likeness (QED) is 0.574. The molecule has 0 atom stereocenters. The summed E-state index contributed by atoms with van der Waals surface area (Å²) in [6.45, 7) is 1.85. The van der Waals surface area contributed by atoms with Crippen LogP contribution in [0.4, 0.5) is 0 Å². The number of halogens is 1. The molecule has 0 radical (unpaired) electrons. The van der Waals surface area contributed by atoms with Crippen molar-refractivity contribution < 1.29 is 0 Å². The number of fused-ring (bicyclic) bond motifs is 1. The Bertz CT molecular complexity index is 678. The summed E-state index contributed by atoms with van der Waals surface area (Å²) in [5.41, 5.74) is 0.619. The molecule has 9 heteroatoms. The van der Waals surface area contributed by atoms with Gasteiger partial charge in [-0.15, -0.1) is 0 Å². The van der Waals surface area contributed by atoms with Crippen LogP contribution in [0.5, 0.6) is 0 Å². The van der Waals surface area contributed by atoms with Gasteiger partial charge in [-0.3, -0.25) is 5.10 Å². The lowest BCUT2D eigenvalue weighted by Gasteiger charge is -1.98. The van der Waals surface area contributed by atoms with Crippen molar-refractivity contribution in [1.82, 2.24) is 29.5 Å². The van der Waals surface area contributed by atoms with Gasteiger partial charge in [-0.1, -0.05) is 0 Å². The predicted octanol–water partition coefficient (Wildman–Crippen LogP) is 2.32. The summed E-state index contributed by atoms with van der Waals surface area (Å²) in [6.07, 6.45) is 1.67. The number of hydrogen-bond acceptors (Lipinski definition) is 7. The molecule has 17 heavy (non-hydrogen) atoms. The highest BCUT2D eigenvalue weighted by Crippen LogP contribution is 2.32. The molecule has 0 unspecified atom stereocenters. The lowest BCUT2D eigenvalue weighted by atomic mass is 10.4. The Labute approximate surface area is 109 Å². The van der Waals surface area contributed by atoms with Crippen molar-refractivity contribution in [1.29, 1.82) is 0 Å². The van der Waals surface area contributed by atoms with E-state index in [0.717, 1.165) is 20.6 Å². The first-order valence-electron chi connectivity index (χ1n) is 4.57. The zero-order valence-electron chi connectivity index (χ0n) is 8.51. The van der Waals surface area contributed by atoms with Crippen LogP contribution >= 0.6 is 34.9 Å². The Morgan fingerprint density at radius 2 is 2.24 bits per heavy atom. The molecule has 0 aliphatic heterocycles. The fraction of sp³-hybridized carbons (Fsp3) is 0.125. The van der Waals surface area contributed by atoms with Crippen LogP contribution in [0.15, 0.2) is 15.6 Å². The maximum Gasteiger partial charge on any atom is 0.225 e. The Morgan fingerprint density at radius 1 is 1.35 bits per heavy atom. The van der Waals surface area contributed by atoms with Crippen LogP contribution < -0.4 is 0 Å². The first-order valence-corrected chi connectivity index (χ1v) is 6.54. The summed E-state index contributed by atoms with van der Waals surface area (Å²) in [5.74, 6) is 0.751. The van der Waals surface area contributed by atoms with Crippen LogP contribution in [-0.4, -0.2) is 29.5 Å². The number of rotatable bonds is 2. The molecule has 3 aromatic rings. The van der Waals surface area contributed by atoms with E-state index in [-0.39, 0.29) is 5.28 Å². The second-order valence-corrected chi connectivity index (χ2v) is 5.47. The van der Waals surface area contributed by atoms with Gasteiger partial charge in [0.25, 0.3) is 0 Å². The fourth-order valence-corrected chi connectivity index (χ4v) is 3.14. The van der Waals surface area contributed by atoms with E-state index >= 15 is 0 Å². The molecule has 0 aromatic carbocycles. The van der Waals surface area contributed by atoms with Gasteiger partial charge < -0.3 is 0 Å². The van der Waals surface area contributed by atoms with E-state index in [1.165, 1.54) is 23.3 Å². The molecule has 86 valence electrons. The molecular formula is C8H5ClN6S2. The molecule has 1 N–H and O–H groups in total. The lowest BCUT2D eigenvalue weighted by Crippen LogP contribution is -1.87. The number of aromatic amines is 1. The highest BCUT2D eigenvalue weighted by atomic mass is 35.5. The summed E-state index contributed by atoms with van der Waals surface area (Å²) in [7, 11) is 0. The number of hydrogen-bond donors (Lipinski definition) is 1. The van der Waals surface area contributed by atoms with Crippen LogP contribution in [0.1, 0.15) is 5.82 Å². The van der Waals surface area contributed by atoms with Crippen molar-refractivity contribution in [3.05, 3.63) is 17.3 Å². The molecule has 3 aromatic heterocycles. The zero-order chi connectivity index (χ0) is 11.8. The molecule has 3 rings (SSSR count). The highest BCUT2D eigenvalue weighted by Gasteiger charge is 2.12. The Morgan fingerprint density at radius 3 is 3.00 bits per heavy atom. The topological polar surface area (TPSA) is 80.2 Å². The standard InChI is InChI=1S/C8H5ClN6S2/c1-3-11-8(17-15-3)16-6-4-2-10-14-5(4)12-7(9)13-6/h2H,1H3,(H,10,12,13,14). The summed E-state index contributed by atoms with van der Waals surface area (Å²) >= 11 is 8.57. The molecule has 0 saturated carbocycles. The zero-order valence-corrected chi connectivity index (χ0v) is 10.9. The molecule has 0 aliphatic rings. The number of nitrogens with one attached hydrogen (secondary N) is 1. The van der Waals surface area contributed by atoms with Gasteiger partial charge in [-0.25, -0.2) is 9.97 Å². The van der Waals surface area contributed by atoms with E-state index in [9.17, 15) is 0 Å². The summed E-state index contributed by atoms with van der Waals surface area (Å²) in [5, 5.41) is 8.42. The third kappa shape index (κ3) is 2.11. The van der Waals surface area contributed by atoms with Crippen molar-refractivity contribution in [2.75, 3.05) is 0 Å². The summed E-state index contributed by atoms with van der Waals surface area (Å²) in [4.78, 5) is 12.5. The first kappa shape index (κ1) is 10.9. The fourth-order valence-electron chi connectivity index (χ4n) is 1.26. The van der Waals surface area contributed by atoms with Gasteiger partial charge in [0.2, 0.25) is 5.28 Å². The van der Waals surface area contributed by atoms with E-state index in [1.807, 2.05) is 6.92 Å². The highest BCUT2D eigenvalue weighted by molar-refractivity contribution is 8.01. The van der Waals surface area contributed by atoms with Gasteiger partial charge >= 0.3 is 0 Å². The average Bonchev–Trinajstić information content (AvgIpc) is 2.87. The predicted molar refractivity (Wildman–Crippen MR) is 65.5 cm³/mol. The monoisotopic (exact) mass is 284 g/mol. The van der Waals surface area contributed by atoms with Crippen molar-refractivity contribution in [3.63, 3.8) is 0 Å². The maximum absolute atomic E-state index is 5.84. The maximum atomic E-state index is 5.84. The minimum absolute atomic E-state index is 0.186. The van der Waals surface area contributed by atoms with Gasteiger partial charge in [-0.2, -0.15) is 14.5 Å². The number of H-pyrrole nitrogens is 1. The minimum Gasteiger partial charge on any atom is -0.261 e. The molecule has 6 nitrogen and oxygen atoms in total. The molecular weight excluding hydrogens is 280 g/mol. The molecule has 0 spiro atoms. The van der Waals surface area contributed by atoms with Crippen LogP contribution in [0, 0.1) is 6.92 Å². The second-order valence-electron chi connectivity index (χ2n) is 3.14. The van der Waals surface area contributed by atoms with E-state index in [4.69, 9.17) is 11.6 Å². The molecule has 0 aliphatic carbocycles. The normalized spacial score (nSPS) is 11.2. The van der Waals surface area contributed by atoms with E-state index in [2.05, 4.69) is 29.5 Å². The molecule has 0 saturated heterocycles. The van der Waals surface area contributed by atoms with Gasteiger partial charge in [-0.05, 0) is 41.8 Å². The van der Waals surface area contributed by atoms with Gasteiger partial charge in [0.1, 0.15) is 10.9 Å².